The zero-order valence-electron chi connectivity index (χ0n) is 16.2. The summed E-state index contributed by atoms with van der Waals surface area (Å²) in [6.45, 7) is 8.68. The van der Waals surface area contributed by atoms with Crippen LogP contribution in [0.1, 0.15) is 13.8 Å². The van der Waals surface area contributed by atoms with Crippen molar-refractivity contribution in [3.8, 4) is 5.75 Å². The first kappa shape index (κ1) is 21.6. The molecule has 0 aromatic heterocycles. The third kappa shape index (κ3) is 6.46. The molecular formula is C18H30N4O4S. The first-order valence-electron chi connectivity index (χ1n) is 9.20. The Balaban J connectivity index is 1.95. The van der Waals surface area contributed by atoms with E-state index in [4.69, 9.17) is 4.74 Å². The summed E-state index contributed by atoms with van der Waals surface area (Å²) in [5.74, 6) is 0.0782. The van der Waals surface area contributed by atoms with Gasteiger partial charge < -0.3 is 15.4 Å². The first-order valence-corrected chi connectivity index (χ1v) is 10.7. The van der Waals surface area contributed by atoms with Gasteiger partial charge in [-0.05, 0) is 30.2 Å². The number of nitrogens with zero attached hydrogens (tertiary/aromatic N) is 1. The third-order valence-electron chi connectivity index (χ3n) is 4.54. The highest BCUT2D eigenvalue weighted by Gasteiger charge is 2.28. The first-order chi connectivity index (χ1) is 12.8. The molecule has 1 aromatic rings. The maximum atomic E-state index is 12.6. The number of methoxy groups -OCH3 is 1. The van der Waals surface area contributed by atoms with Crippen molar-refractivity contribution in [3.05, 3.63) is 24.3 Å². The van der Waals surface area contributed by atoms with Crippen LogP contribution in [-0.2, 0) is 14.8 Å². The van der Waals surface area contributed by atoms with Gasteiger partial charge in [0.2, 0.25) is 15.9 Å². The van der Waals surface area contributed by atoms with E-state index in [1.54, 1.807) is 12.1 Å². The number of ether oxygens (including phenoxy) is 1. The van der Waals surface area contributed by atoms with E-state index in [1.165, 1.54) is 19.2 Å². The van der Waals surface area contributed by atoms with E-state index in [2.05, 4.69) is 20.3 Å². The van der Waals surface area contributed by atoms with Gasteiger partial charge in [-0.2, -0.15) is 4.72 Å². The van der Waals surface area contributed by atoms with E-state index in [-0.39, 0.29) is 16.7 Å². The molecule has 152 valence electrons. The molecule has 1 saturated heterocycles. The summed E-state index contributed by atoms with van der Waals surface area (Å²) >= 11 is 0. The Morgan fingerprint density at radius 3 is 2.41 bits per heavy atom. The molecule has 9 heteroatoms. The van der Waals surface area contributed by atoms with Crippen molar-refractivity contribution in [2.24, 2.45) is 5.92 Å². The Bertz CT molecular complexity index is 701. The maximum Gasteiger partial charge on any atom is 0.241 e. The number of amides is 1. The van der Waals surface area contributed by atoms with Gasteiger partial charge in [0, 0.05) is 39.3 Å². The number of nitrogens with one attached hydrogen (secondary N) is 3. The summed E-state index contributed by atoms with van der Waals surface area (Å²) in [5.41, 5.74) is 0. The predicted octanol–water partition coefficient (Wildman–Crippen LogP) is 0.0195. The van der Waals surface area contributed by atoms with Crippen molar-refractivity contribution >= 4 is 15.9 Å². The highest BCUT2D eigenvalue weighted by Crippen LogP contribution is 2.16. The summed E-state index contributed by atoms with van der Waals surface area (Å²) in [7, 11) is -2.29. The van der Waals surface area contributed by atoms with E-state index in [9.17, 15) is 13.2 Å². The molecule has 0 radical (unpaired) electrons. The van der Waals surface area contributed by atoms with Crippen molar-refractivity contribution in [1.82, 2.24) is 20.3 Å². The molecule has 1 aliphatic rings. The fourth-order valence-corrected chi connectivity index (χ4v) is 4.21. The summed E-state index contributed by atoms with van der Waals surface area (Å²) in [6.07, 6.45) is 0. The standard InChI is InChI=1S/C18H30N4O4S/c1-14(2)17(18(23)20-10-13-22-11-8-19-9-12-22)21-27(24,25)16-6-4-15(26-3)5-7-16/h4-7,14,17,19,21H,8-13H2,1-3H3,(H,20,23). The molecule has 27 heavy (non-hydrogen) atoms. The predicted molar refractivity (Wildman–Crippen MR) is 104 cm³/mol. The Kier molecular flexibility index (Phi) is 8.03. The molecule has 1 fully saturated rings. The maximum absolute atomic E-state index is 12.6. The molecule has 0 bridgehead atoms. The second-order valence-corrected chi connectivity index (χ2v) is 8.62. The van der Waals surface area contributed by atoms with E-state index in [0.717, 1.165) is 32.7 Å². The third-order valence-corrected chi connectivity index (χ3v) is 5.99. The number of rotatable bonds is 9. The topological polar surface area (TPSA) is 99.8 Å². The van der Waals surface area contributed by atoms with Crippen LogP contribution in [0, 0.1) is 5.92 Å². The number of sulfonamides is 1. The quantitative estimate of drug-likeness (QED) is 0.542. The van der Waals surface area contributed by atoms with Gasteiger partial charge in [0.25, 0.3) is 0 Å². The Labute approximate surface area is 161 Å². The highest BCUT2D eigenvalue weighted by atomic mass is 32.2. The van der Waals surface area contributed by atoms with Gasteiger partial charge in [0.05, 0.1) is 12.0 Å². The largest absolute Gasteiger partial charge is 0.497 e. The SMILES string of the molecule is COc1ccc(S(=O)(=O)NC(C(=O)NCCN2CCNCC2)C(C)C)cc1. The molecule has 1 heterocycles. The van der Waals surface area contributed by atoms with Gasteiger partial charge in [-0.1, -0.05) is 13.8 Å². The highest BCUT2D eigenvalue weighted by molar-refractivity contribution is 7.89. The minimum absolute atomic E-state index is 0.0996. The normalized spacial score (nSPS) is 16.9. The molecule has 0 saturated carbocycles. The van der Waals surface area contributed by atoms with Crippen molar-refractivity contribution in [3.63, 3.8) is 0 Å². The van der Waals surface area contributed by atoms with Gasteiger partial charge in [0.15, 0.2) is 0 Å². The van der Waals surface area contributed by atoms with E-state index < -0.39 is 16.1 Å². The lowest BCUT2D eigenvalue weighted by molar-refractivity contribution is -0.123. The van der Waals surface area contributed by atoms with Gasteiger partial charge >= 0.3 is 0 Å². The summed E-state index contributed by atoms with van der Waals surface area (Å²) < 4.78 is 32.8. The minimum Gasteiger partial charge on any atom is -0.497 e. The van der Waals surface area contributed by atoms with Crippen LogP contribution in [0.4, 0.5) is 0 Å². The van der Waals surface area contributed by atoms with Gasteiger partial charge in [-0.15, -0.1) is 0 Å². The lowest BCUT2D eigenvalue weighted by atomic mass is 10.1. The number of piperazine rings is 1. The van der Waals surface area contributed by atoms with Crippen LogP contribution in [0.25, 0.3) is 0 Å². The molecule has 1 amide bonds. The number of hydrogen-bond acceptors (Lipinski definition) is 6. The lowest BCUT2D eigenvalue weighted by Gasteiger charge is -2.28. The van der Waals surface area contributed by atoms with Crippen LogP contribution in [0.3, 0.4) is 0 Å². The van der Waals surface area contributed by atoms with Crippen molar-refractivity contribution in [2.75, 3.05) is 46.4 Å². The zero-order valence-corrected chi connectivity index (χ0v) is 17.0. The van der Waals surface area contributed by atoms with Crippen molar-refractivity contribution < 1.29 is 17.9 Å². The summed E-state index contributed by atoms with van der Waals surface area (Å²) in [4.78, 5) is 14.9. The molecule has 2 rings (SSSR count). The van der Waals surface area contributed by atoms with Gasteiger partial charge in [-0.25, -0.2) is 8.42 Å². The van der Waals surface area contributed by atoms with Crippen LogP contribution >= 0.6 is 0 Å². The second-order valence-electron chi connectivity index (χ2n) is 6.90. The molecule has 0 aliphatic carbocycles. The Morgan fingerprint density at radius 1 is 1.22 bits per heavy atom. The Morgan fingerprint density at radius 2 is 1.85 bits per heavy atom. The molecule has 1 unspecified atom stereocenters. The summed E-state index contributed by atoms with van der Waals surface area (Å²) in [6, 6.07) is 5.24. The lowest BCUT2D eigenvalue weighted by Crippen LogP contribution is -2.51. The van der Waals surface area contributed by atoms with Gasteiger partial charge in [-0.3, -0.25) is 9.69 Å². The monoisotopic (exact) mass is 398 g/mol. The van der Waals surface area contributed by atoms with Crippen LogP contribution in [0.2, 0.25) is 0 Å². The van der Waals surface area contributed by atoms with Crippen molar-refractivity contribution in [1.29, 1.82) is 0 Å². The summed E-state index contributed by atoms with van der Waals surface area (Å²) in [5, 5.41) is 6.14. The average Bonchev–Trinajstić information content (AvgIpc) is 2.66. The minimum atomic E-state index is -3.81. The molecule has 8 nitrogen and oxygen atoms in total. The molecule has 1 atom stereocenters. The number of benzene rings is 1. The van der Waals surface area contributed by atoms with Crippen LogP contribution in [0.15, 0.2) is 29.2 Å². The number of carbonyl (C=O) groups is 1. The van der Waals surface area contributed by atoms with E-state index >= 15 is 0 Å². The van der Waals surface area contributed by atoms with Crippen LogP contribution < -0.4 is 20.1 Å². The average molecular weight is 399 g/mol. The van der Waals surface area contributed by atoms with Crippen LogP contribution in [0.5, 0.6) is 5.75 Å². The van der Waals surface area contributed by atoms with Crippen molar-refractivity contribution in [2.45, 2.75) is 24.8 Å². The molecule has 3 N–H and O–H groups in total. The van der Waals surface area contributed by atoms with Crippen LogP contribution in [-0.4, -0.2) is 71.6 Å². The van der Waals surface area contributed by atoms with Gasteiger partial charge in [0.1, 0.15) is 11.8 Å². The second kappa shape index (κ2) is 10.0. The zero-order chi connectivity index (χ0) is 19.9. The molecule has 1 aliphatic heterocycles. The molecule has 0 spiro atoms. The fraction of sp³-hybridized carbons (Fsp3) is 0.611. The molecular weight excluding hydrogens is 368 g/mol. The van der Waals surface area contributed by atoms with E-state index in [0.29, 0.717) is 12.3 Å². The smallest absolute Gasteiger partial charge is 0.241 e. The Hall–Kier alpha value is -1.68. The molecule has 1 aromatic carbocycles. The van der Waals surface area contributed by atoms with E-state index in [1.807, 2.05) is 13.8 Å². The fourth-order valence-electron chi connectivity index (χ4n) is 2.86. The number of hydrogen-bond donors (Lipinski definition) is 3. The number of carbonyl (C=O) groups excluding carboxylic acids is 1.